The number of Topliss-reactive ketones (excluding diaryl/α,β-unsaturated/α-hetero) is 1. The molecule has 2 heterocycles. The van der Waals surface area contributed by atoms with E-state index < -0.39 is 41.4 Å². The number of carbonyl (C=O) groups is 1. The Bertz CT molecular complexity index is 874. The monoisotopic (exact) mass is 388 g/mol. The lowest BCUT2D eigenvalue weighted by Gasteiger charge is -2.34. The molecule has 7 nitrogen and oxygen atoms in total. The third-order valence-electron chi connectivity index (χ3n) is 5.91. The summed E-state index contributed by atoms with van der Waals surface area (Å²) in [6.45, 7) is -0.539. The van der Waals surface area contributed by atoms with E-state index >= 15 is 0 Å². The van der Waals surface area contributed by atoms with Crippen LogP contribution in [0.15, 0.2) is 9.59 Å². The number of alkyl halides is 3. The van der Waals surface area contributed by atoms with Crippen LogP contribution in [-0.2, 0) is 14.1 Å². The van der Waals surface area contributed by atoms with Crippen molar-refractivity contribution in [2.24, 2.45) is 20.0 Å². The maximum Gasteiger partial charge on any atom is 0.404 e. The second-order valence-electron chi connectivity index (χ2n) is 7.47. The zero-order valence-electron chi connectivity index (χ0n) is 15.3. The minimum atomic E-state index is -4.45. The Morgan fingerprint density at radius 1 is 1.15 bits per heavy atom. The van der Waals surface area contributed by atoms with Gasteiger partial charge in [-0.3, -0.25) is 23.6 Å². The first kappa shape index (κ1) is 19.7. The molecule has 1 saturated carbocycles. The number of rotatable bonds is 3. The summed E-state index contributed by atoms with van der Waals surface area (Å²) in [5.41, 5.74) is 3.75. The molecular formula is C17H23F3N4O3. The van der Waals surface area contributed by atoms with Crippen molar-refractivity contribution < 1.29 is 18.0 Å². The molecule has 2 fully saturated rings. The smallest absolute Gasteiger partial charge is 0.384 e. The minimum Gasteiger partial charge on any atom is -0.384 e. The molecule has 0 radical (unpaired) electrons. The van der Waals surface area contributed by atoms with Gasteiger partial charge in [-0.25, -0.2) is 4.79 Å². The molecule has 2 aliphatic rings. The lowest BCUT2D eigenvalue weighted by atomic mass is 9.84. The van der Waals surface area contributed by atoms with E-state index in [1.54, 1.807) is 0 Å². The largest absolute Gasteiger partial charge is 0.404 e. The third-order valence-corrected chi connectivity index (χ3v) is 5.91. The number of hydrogen-bond donors (Lipinski definition) is 1. The van der Waals surface area contributed by atoms with Crippen molar-refractivity contribution in [2.75, 3.05) is 12.3 Å². The number of ketones is 1. The van der Waals surface area contributed by atoms with Crippen molar-refractivity contribution in [1.82, 2.24) is 14.0 Å². The van der Waals surface area contributed by atoms with E-state index in [0.717, 1.165) is 22.0 Å². The topological polar surface area (TPSA) is 90.3 Å². The average molecular weight is 388 g/mol. The van der Waals surface area contributed by atoms with Crippen LogP contribution in [0, 0.1) is 5.92 Å². The predicted molar refractivity (Wildman–Crippen MR) is 92.6 cm³/mol. The van der Waals surface area contributed by atoms with Crippen LogP contribution in [0.3, 0.4) is 0 Å². The Labute approximate surface area is 153 Å². The second kappa shape index (κ2) is 6.81. The molecule has 3 rings (SSSR count). The number of likely N-dealkylation sites (tertiary alicyclic amines) is 1. The fourth-order valence-electron chi connectivity index (χ4n) is 4.47. The highest BCUT2D eigenvalue weighted by molar-refractivity contribution is 6.01. The molecular weight excluding hydrogens is 365 g/mol. The molecule has 1 aliphatic heterocycles. The summed E-state index contributed by atoms with van der Waals surface area (Å²) in [7, 11) is 2.51. The van der Waals surface area contributed by atoms with Crippen LogP contribution in [0.4, 0.5) is 19.0 Å². The lowest BCUT2D eigenvalue weighted by molar-refractivity contribution is -0.177. The summed E-state index contributed by atoms with van der Waals surface area (Å²) >= 11 is 0. The van der Waals surface area contributed by atoms with Gasteiger partial charge in [-0.15, -0.1) is 0 Å². The van der Waals surface area contributed by atoms with Gasteiger partial charge in [-0.05, 0) is 25.2 Å². The van der Waals surface area contributed by atoms with Gasteiger partial charge in [0.05, 0.1) is 6.54 Å². The van der Waals surface area contributed by atoms with E-state index in [4.69, 9.17) is 5.73 Å². The molecule has 0 unspecified atom stereocenters. The summed E-state index contributed by atoms with van der Waals surface area (Å²) < 4.78 is 42.3. The predicted octanol–water partition coefficient (Wildman–Crippen LogP) is 1.04. The quantitative estimate of drug-likeness (QED) is 0.782. The van der Waals surface area contributed by atoms with Gasteiger partial charge in [0.15, 0.2) is 5.78 Å². The SMILES string of the molecule is Cn1c(N)c(C(=O)CN2[C@H](C(F)(F)F)C[C@@H]3CCCC[C@@H]32)c(=O)n(C)c1=O. The van der Waals surface area contributed by atoms with Crippen LogP contribution in [0.25, 0.3) is 0 Å². The molecule has 0 spiro atoms. The van der Waals surface area contributed by atoms with Gasteiger partial charge in [0, 0.05) is 20.1 Å². The third kappa shape index (κ3) is 3.30. The van der Waals surface area contributed by atoms with Crippen molar-refractivity contribution in [2.45, 2.75) is 50.4 Å². The highest BCUT2D eigenvalue weighted by atomic mass is 19.4. The van der Waals surface area contributed by atoms with Crippen LogP contribution in [0.5, 0.6) is 0 Å². The first-order chi connectivity index (χ1) is 12.5. The summed E-state index contributed by atoms with van der Waals surface area (Å²) in [5, 5.41) is 0. The van der Waals surface area contributed by atoms with Crippen LogP contribution < -0.4 is 17.0 Å². The second-order valence-corrected chi connectivity index (χ2v) is 7.47. The van der Waals surface area contributed by atoms with Crippen molar-refractivity contribution >= 4 is 11.6 Å². The normalized spacial score (nSPS) is 26.2. The highest BCUT2D eigenvalue weighted by Crippen LogP contribution is 2.44. The number of nitrogens with zero attached hydrogens (tertiary/aromatic N) is 3. The zero-order chi connectivity index (χ0) is 20.1. The van der Waals surface area contributed by atoms with Gasteiger partial charge >= 0.3 is 11.9 Å². The molecule has 1 aromatic heterocycles. The fourth-order valence-corrected chi connectivity index (χ4v) is 4.47. The number of aromatic nitrogens is 2. The van der Waals surface area contributed by atoms with Crippen LogP contribution in [0.2, 0.25) is 0 Å². The molecule has 3 atom stereocenters. The van der Waals surface area contributed by atoms with Crippen LogP contribution in [-0.4, -0.2) is 44.6 Å². The summed E-state index contributed by atoms with van der Waals surface area (Å²) in [6.07, 6.45) is -1.45. The fraction of sp³-hybridized carbons (Fsp3) is 0.706. The Kier molecular flexibility index (Phi) is 4.96. The van der Waals surface area contributed by atoms with Gasteiger partial charge in [0.2, 0.25) is 0 Å². The van der Waals surface area contributed by atoms with E-state index in [-0.39, 0.29) is 24.2 Å². The van der Waals surface area contributed by atoms with Gasteiger partial charge in [-0.2, -0.15) is 13.2 Å². The Morgan fingerprint density at radius 3 is 2.41 bits per heavy atom. The molecule has 1 aromatic rings. The van der Waals surface area contributed by atoms with Crippen molar-refractivity contribution in [3.8, 4) is 0 Å². The molecule has 2 N–H and O–H groups in total. The number of carbonyl (C=O) groups excluding carboxylic acids is 1. The van der Waals surface area contributed by atoms with Gasteiger partial charge in [0.25, 0.3) is 5.56 Å². The first-order valence-electron chi connectivity index (χ1n) is 8.95. The van der Waals surface area contributed by atoms with E-state index in [1.807, 2.05) is 0 Å². The molecule has 1 saturated heterocycles. The maximum absolute atomic E-state index is 13.6. The first-order valence-corrected chi connectivity index (χ1v) is 8.95. The summed E-state index contributed by atoms with van der Waals surface area (Å²) in [4.78, 5) is 38.2. The molecule has 27 heavy (non-hydrogen) atoms. The Hall–Kier alpha value is -2.10. The van der Waals surface area contributed by atoms with Gasteiger partial charge in [-0.1, -0.05) is 12.8 Å². The average Bonchev–Trinajstić information content (AvgIpc) is 2.97. The number of nitrogen functional groups attached to an aromatic ring is 1. The van der Waals surface area contributed by atoms with Gasteiger partial charge in [0.1, 0.15) is 17.4 Å². The molecule has 0 aromatic carbocycles. The molecule has 150 valence electrons. The molecule has 0 amide bonds. The molecule has 1 aliphatic carbocycles. The highest BCUT2D eigenvalue weighted by Gasteiger charge is 2.54. The Morgan fingerprint density at radius 2 is 1.78 bits per heavy atom. The zero-order valence-corrected chi connectivity index (χ0v) is 15.3. The van der Waals surface area contributed by atoms with Crippen molar-refractivity contribution in [3.63, 3.8) is 0 Å². The van der Waals surface area contributed by atoms with E-state index in [0.29, 0.717) is 12.8 Å². The van der Waals surface area contributed by atoms with Crippen molar-refractivity contribution in [1.29, 1.82) is 0 Å². The summed E-state index contributed by atoms with van der Waals surface area (Å²) in [6, 6.07) is -2.03. The molecule has 10 heteroatoms. The minimum absolute atomic E-state index is 0.0256. The number of hydrogen-bond acceptors (Lipinski definition) is 5. The summed E-state index contributed by atoms with van der Waals surface area (Å²) in [5.74, 6) is -1.21. The lowest BCUT2D eigenvalue weighted by Crippen LogP contribution is -2.49. The Balaban J connectivity index is 1.97. The number of nitrogens with two attached hydrogens (primary N) is 1. The number of fused-ring (bicyclic) bond motifs is 1. The van der Waals surface area contributed by atoms with Gasteiger partial charge < -0.3 is 5.73 Å². The van der Waals surface area contributed by atoms with Crippen LogP contribution >= 0.6 is 0 Å². The standard InChI is InChI=1S/C17H23F3N4O3/c1-22-14(21)13(15(26)23(2)16(22)27)11(25)8-24-10-6-4-3-5-9(10)7-12(24)17(18,19)20/h9-10,12H,3-8,21H2,1-2H3/t9-,10-,12-/m0/s1. The van der Waals surface area contributed by atoms with Crippen LogP contribution in [0.1, 0.15) is 42.5 Å². The maximum atomic E-state index is 13.6. The van der Waals surface area contributed by atoms with E-state index in [2.05, 4.69) is 0 Å². The number of anilines is 1. The molecule has 0 bridgehead atoms. The number of halogens is 3. The van der Waals surface area contributed by atoms with Crippen molar-refractivity contribution in [3.05, 3.63) is 26.4 Å². The van der Waals surface area contributed by atoms with E-state index in [1.165, 1.54) is 19.0 Å². The van der Waals surface area contributed by atoms with E-state index in [9.17, 15) is 27.6 Å².